The van der Waals surface area contributed by atoms with Gasteiger partial charge in [0.2, 0.25) is 0 Å². The molecule has 0 bridgehead atoms. The molecule has 0 saturated carbocycles. The van der Waals surface area contributed by atoms with E-state index in [2.05, 4.69) is 4.74 Å². The van der Waals surface area contributed by atoms with Gasteiger partial charge in [-0.1, -0.05) is 0 Å². The highest BCUT2D eigenvalue weighted by atomic mass is 16.7. The van der Waals surface area contributed by atoms with Crippen molar-refractivity contribution in [3.05, 3.63) is 12.2 Å². The van der Waals surface area contributed by atoms with Crippen molar-refractivity contribution in [2.75, 3.05) is 0 Å². The lowest BCUT2D eigenvalue weighted by atomic mass is 10.3. The average molecular weight is 156 g/mol. The van der Waals surface area contributed by atoms with Gasteiger partial charge in [-0.3, -0.25) is 4.79 Å². The second kappa shape index (κ2) is 2.38. The van der Waals surface area contributed by atoms with Crippen LogP contribution in [0.1, 0.15) is 13.8 Å². The van der Waals surface area contributed by atoms with Crippen LogP contribution >= 0.6 is 0 Å². The zero-order valence-corrected chi connectivity index (χ0v) is 6.29. The lowest BCUT2D eigenvalue weighted by Crippen LogP contribution is -2.29. The summed E-state index contributed by atoms with van der Waals surface area (Å²) in [5, 5.41) is 0. The van der Waals surface area contributed by atoms with Crippen LogP contribution in [0.25, 0.3) is 0 Å². The van der Waals surface area contributed by atoms with Gasteiger partial charge in [0, 0.05) is 26.0 Å². The van der Waals surface area contributed by atoms with Gasteiger partial charge < -0.3 is 9.47 Å². The first-order chi connectivity index (χ1) is 5.02. The number of carbonyl (C=O) groups excluding carboxylic acids is 2. The Morgan fingerprint density at radius 3 is 2.73 bits per heavy atom. The number of hydrogen-bond acceptors (Lipinski definition) is 4. The van der Waals surface area contributed by atoms with Gasteiger partial charge in [0.25, 0.3) is 5.79 Å². The Kier molecular flexibility index (Phi) is 1.68. The summed E-state index contributed by atoms with van der Waals surface area (Å²) in [6.07, 6.45) is 2.62. The van der Waals surface area contributed by atoms with Gasteiger partial charge in [-0.25, -0.2) is 4.79 Å². The summed E-state index contributed by atoms with van der Waals surface area (Å²) in [5.41, 5.74) is 0. The third kappa shape index (κ3) is 1.80. The lowest BCUT2D eigenvalue weighted by molar-refractivity contribution is -0.196. The molecule has 1 aliphatic heterocycles. The largest absolute Gasteiger partial charge is 0.419 e. The van der Waals surface area contributed by atoms with Crippen LogP contribution in [-0.2, 0) is 19.1 Å². The van der Waals surface area contributed by atoms with Crippen molar-refractivity contribution in [3.63, 3.8) is 0 Å². The molecule has 0 saturated heterocycles. The number of hydrogen-bond donors (Lipinski definition) is 0. The standard InChI is InChI=1S/C7H8O4/c1-5(8)10-7(2)4-3-6(9)11-7/h3-4H,1-2H3. The molecule has 0 aromatic carbocycles. The first-order valence-corrected chi connectivity index (χ1v) is 3.14. The van der Waals surface area contributed by atoms with Crippen LogP contribution in [0, 0.1) is 0 Å². The summed E-state index contributed by atoms with van der Waals surface area (Å²) in [4.78, 5) is 21.0. The number of ether oxygens (including phenoxy) is 2. The zero-order chi connectivity index (χ0) is 8.48. The minimum atomic E-state index is -1.19. The van der Waals surface area contributed by atoms with E-state index < -0.39 is 17.7 Å². The monoisotopic (exact) mass is 156 g/mol. The topological polar surface area (TPSA) is 52.6 Å². The molecule has 0 amide bonds. The summed E-state index contributed by atoms with van der Waals surface area (Å²) < 4.78 is 9.37. The third-order valence-corrected chi connectivity index (χ3v) is 1.17. The highest BCUT2D eigenvalue weighted by Gasteiger charge is 2.33. The Bertz CT molecular complexity index is 231. The number of carbonyl (C=O) groups is 2. The van der Waals surface area contributed by atoms with E-state index in [1.165, 1.54) is 26.0 Å². The molecule has 0 N–H and O–H groups in total. The normalized spacial score (nSPS) is 28.4. The van der Waals surface area contributed by atoms with Crippen molar-refractivity contribution in [1.29, 1.82) is 0 Å². The number of esters is 2. The highest BCUT2D eigenvalue weighted by Crippen LogP contribution is 2.20. The molecule has 0 fully saturated rings. The maximum absolute atomic E-state index is 10.5. The fourth-order valence-electron chi connectivity index (χ4n) is 0.827. The summed E-state index contributed by atoms with van der Waals surface area (Å²) in [6, 6.07) is 0. The van der Waals surface area contributed by atoms with Crippen molar-refractivity contribution < 1.29 is 19.1 Å². The molecule has 1 aliphatic rings. The molecule has 1 heterocycles. The fourth-order valence-corrected chi connectivity index (χ4v) is 0.827. The second-order valence-corrected chi connectivity index (χ2v) is 2.36. The van der Waals surface area contributed by atoms with Gasteiger partial charge in [0.1, 0.15) is 0 Å². The molecule has 4 heteroatoms. The fraction of sp³-hybridized carbons (Fsp3) is 0.429. The lowest BCUT2D eigenvalue weighted by Gasteiger charge is -2.19. The molecule has 1 atom stereocenters. The maximum atomic E-state index is 10.5. The zero-order valence-electron chi connectivity index (χ0n) is 6.29. The summed E-state index contributed by atoms with van der Waals surface area (Å²) >= 11 is 0. The van der Waals surface area contributed by atoms with Crippen molar-refractivity contribution in [3.8, 4) is 0 Å². The van der Waals surface area contributed by atoms with E-state index in [9.17, 15) is 9.59 Å². The Morgan fingerprint density at radius 1 is 1.73 bits per heavy atom. The van der Waals surface area contributed by atoms with E-state index in [1.807, 2.05) is 0 Å². The first kappa shape index (κ1) is 7.78. The van der Waals surface area contributed by atoms with Gasteiger partial charge in [0.05, 0.1) is 0 Å². The van der Waals surface area contributed by atoms with Crippen LogP contribution in [0.3, 0.4) is 0 Å². The number of rotatable bonds is 1. The van der Waals surface area contributed by atoms with Crippen LogP contribution < -0.4 is 0 Å². The smallest absolute Gasteiger partial charge is 0.334 e. The van der Waals surface area contributed by atoms with E-state index in [0.717, 1.165) is 0 Å². The Labute approximate surface area is 63.8 Å². The Balaban J connectivity index is 2.63. The SMILES string of the molecule is CC(=O)OC1(C)C=CC(=O)O1. The second-order valence-electron chi connectivity index (χ2n) is 2.36. The molecule has 0 aromatic rings. The van der Waals surface area contributed by atoms with E-state index in [1.54, 1.807) is 0 Å². The summed E-state index contributed by atoms with van der Waals surface area (Å²) in [6.45, 7) is 2.75. The molecule has 0 aromatic heterocycles. The van der Waals surface area contributed by atoms with E-state index in [4.69, 9.17) is 4.74 Å². The van der Waals surface area contributed by atoms with Crippen molar-refractivity contribution in [2.45, 2.75) is 19.6 Å². The summed E-state index contributed by atoms with van der Waals surface area (Å²) in [5.74, 6) is -2.16. The van der Waals surface area contributed by atoms with Gasteiger partial charge >= 0.3 is 11.9 Å². The Hall–Kier alpha value is -1.32. The quantitative estimate of drug-likeness (QED) is 0.515. The van der Waals surface area contributed by atoms with E-state index in [0.29, 0.717) is 0 Å². The molecule has 0 radical (unpaired) electrons. The van der Waals surface area contributed by atoms with Crippen molar-refractivity contribution in [2.24, 2.45) is 0 Å². The third-order valence-electron chi connectivity index (χ3n) is 1.17. The highest BCUT2D eigenvalue weighted by molar-refractivity contribution is 5.85. The van der Waals surface area contributed by atoms with Gasteiger partial charge in [-0.05, 0) is 0 Å². The van der Waals surface area contributed by atoms with Crippen molar-refractivity contribution in [1.82, 2.24) is 0 Å². The van der Waals surface area contributed by atoms with Gasteiger partial charge in [-0.2, -0.15) is 0 Å². The van der Waals surface area contributed by atoms with E-state index >= 15 is 0 Å². The Morgan fingerprint density at radius 2 is 2.36 bits per heavy atom. The molecule has 0 spiro atoms. The molecular weight excluding hydrogens is 148 g/mol. The minimum Gasteiger partial charge on any atom is -0.419 e. The maximum Gasteiger partial charge on any atom is 0.334 e. The number of cyclic esters (lactones) is 1. The molecule has 4 nitrogen and oxygen atoms in total. The van der Waals surface area contributed by atoms with Crippen molar-refractivity contribution >= 4 is 11.9 Å². The molecule has 11 heavy (non-hydrogen) atoms. The minimum absolute atomic E-state index is 0.480. The first-order valence-electron chi connectivity index (χ1n) is 3.14. The van der Waals surface area contributed by atoms with Crippen LogP contribution in [0.4, 0.5) is 0 Å². The summed E-state index contributed by atoms with van der Waals surface area (Å²) in [7, 11) is 0. The van der Waals surface area contributed by atoms with Gasteiger partial charge in [-0.15, -0.1) is 0 Å². The molecule has 1 unspecified atom stereocenters. The van der Waals surface area contributed by atoms with Crippen LogP contribution in [0.15, 0.2) is 12.2 Å². The van der Waals surface area contributed by atoms with Crippen LogP contribution in [0.5, 0.6) is 0 Å². The molecule has 60 valence electrons. The van der Waals surface area contributed by atoms with Gasteiger partial charge in [0.15, 0.2) is 0 Å². The molecule has 0 aliphatic carbocycles. The predicted molar refractivity (Wildman–Crippen MR) is 35.4 cm³/mol. The van der Waals surface area contributed by atoms with Crippen LogP contribution in [0.2, 0.25) is 0 Å². The molecular formula is C7H8O4. The van der Waals surface area contributed by atoms with Crippen LogP contribution in [-0.4, -0.2) is 17.7 Å². The average Bonchev–Trinajstić information content (AvgIpc) is 2.08. The molecule has 1 rings (SSSR count). The predicted octanol–water partition coefficient (Wildman–Crippen LogP) is 0.379. The van der Waals surface area contributed by atoms with E-state index in [-0.39, 0.29) is 0 Å².